The fourth-order valence-corrected chi connectivity index (χ4v) is 5.83. The van der Waals surface area contributed by atoms with Crippen LogP contribution in [0.2, 0.25) is 0 Å². The second kappa shape index (κ2) is 17.6. The monoisotopic (exact) mass is 640 g/mol. The summed E-state index contributed by atoms with van der Waals surface area (Å²) in [7, 11) is 0. The van der Waals surface area contributed by atoms with E-state index in [1.807, 2.05) is 72.8 Å². The third kappa shape index (κ3) is 9.64. The van der Waals surface area contributed by atoms with Gasteiger partial charge in [-0.15, -0.1) is 20.4 Å². The Morgan fingerprint density at radius 1 is 0.375 bits per heavy atom. The van der Waals surface area contributed by atoms with E-state index in [1.54, 1.807) is 0 Å². The van der Waals surface area contributed by atoms with Gasteiger partial charge in [-0.25, -0.2) is 0 Å². The lowest BCUT2D eigenvalue weighted by atomic mass is 10.1. The number of hydrogen-bond acceptors (Lipinski definition) is 6. The predicted molar refractivity (Wildman–Crippen MR) is 188 cm³/mol. The van der Waals surface area contributed by atoms with Gasteiger partial charge < -0.3 is 18.6 Å². The molecular formula is C40H44N6O2. The first-order chi connectivity index (χ1) is 23.8. The van der Waals surface area contributed by atoms with Gasteiger partial charge in [0.15, 0.2) is 11.6 Å². The summed E-state index contributed by atoms with van der Waals surface area (Å²) < 4.78 is 16.5. The highest BCUT2D eigenvalue weighted by molar-refractivity contribution is 5.23. The standard InChI is InChI=1S/C40H44N6O2/c1(3-17-27-37-41-43-39(31-47-35-23-13-7-14-24-35)45(37)29-33-19-9-5-10-20-33)2-4-18-28-38-42-44-40(32-48-36-25-15-8-16-26-36)46(38)30-34-21-11-6-12-22-34/h5-16,19-26H,1-4,17-18,27-32H2. The molecule has 0 N–H and O–H groups in total. The summed E-state index contributed by atoms with van der Waals surface area (Å²) in [5.41, 5.74) is 2.46. The van der Waals surface area contributed by atoms with Crippen molar-refractivity contribution in [2.45, 2.75) is 77.7 Å². The largest absolute Gasteiger partial charge is 0.486 e. The number of hydrogen-bond donors (Lipinski definition) is 0. The summed E-state index contributed by atoms with van der Waals surface area (Å²) in [4.78, 5) is 0. The first kappa shape index (κ1) is 32.7. The molecule has 246 valence electrons. The van der Waals surface area contributed by atoms with Crippen molar-refractivity contribution in [3.05, 3.63) is 156 Å². The van der Waals surface area contributed by atoms with Crippen LogP contribution in [0.3, 0.4) is 0 Å². The van der Waals surface area contributed by atoms with Gasteiger partial charge >= 0.3 is 0 Å². The van der Waals surface area contributed by atoms with E-state index in [0.717, 1.165) is 73.6 Å². The van der Waals surface area contributed by atoms with E-state index in [1.165, 1.54) is 36.8 Å². The molecule has 0 saturated carbocycles. The first-order valence-corrected chi connectivity index (χ1v) is 17.1. The topological polar surface area (TPSA) is 79.9 Å². The van der Waals surface area contributed by atoms with Crippen LogP contribution < -0.4 is 9.47 Å². The van der Waals surface area contributed by atoms with Crippen molar-refractivity contribution in [1.29, 1.82) is 0 Å². The Kier molecular flexibility index (Phi) is 12.0. The van der Waals surface area contributed by atoms with Crippen molar-refractivity contribution in [2.75, 3.05) is 0 Å². The molecule has 2 aromatic heterocycles. The van der Waals surface area contributed by atoms with E-state index in [9.17, 15) is 0 Å². The van der Waals surface area contributed by atoms with E-state index < -0.39 is 0 Å². The van der Waals surface area contributed by atoms with E-state index >= 15 is 0 Å². The van der Waals surface area contributed by atoms with Crippen LogP contribution in [0.5, 0.6) is 11.5 Å². The maximum atomic E-state index is 6.03. The van der Waals surface area contributed by atoms with Crippen LogP contribution in [-0.2, 0) is 39.1 Å². The van der Waals surface area contributed by atoms with Crippen molar-refractivity contribution in [2.24, 2.45) is 0 Å². The molecule has 0 spiro atoms. The minimum absolute atomic E-state index is 0.393. The first-order valence-electron chi connectivity index (χ1n) is 17.1. The Hall–Kier alpha value is -5.24. The van der Waals surface area contributed by atoms with Gasteiger partial charge in [0.05, 0.1) is 13.1 Å². The van der Waals surface area contributed by atoms with Gasteiger partial charge in [0, 0.05) is 12.8 Å². The molecule has 0 amide bonds. The fraction of sp³-hybridized carbons (Fsp3) is 0.300. The van der Waals surface area contributed by atoms with Crippen LogP contribution >= 0.6 is 0 Å². The molecule has 0 aliphatic rings. The molecule has 0 aliphatic carbocycles. The zero-order valence-corrected chi connectivity index (χ0v) is 27.5. The lowest BCUT2D eigenvalue weighted by Crippen LogP contribution is -2.11. The Balaban J connectivity index is 0.969. The van der Waals surface area contributed by atoms with Gasteiger partial charge in [0.25, 0.3) is 0 Å². The van der Waals surface area contributed by atoms with Crippen molar-refractivity contribution >= 4 is 0 Å². The second-order valence-electron chi connectivity index (χ2n) is 12.0. The van der Waals surface area contributed by atoms with Crippen LogP contribution in [0.1, 0.15) is 72.9 Å². The maximum Gasteiger partial charge on any atom is 0.171 e. The zero-order valence-electron chi connectivity index (χ0n) is 27.5. The van der Waals surface area contributed by atoms with Crippen LogP contribution in [0.25, 0.3) is 0 Å². The van der Waals surface area contributed by atoms with Crippen LogP contribution in [0, 0.1) is 0 Å². The van der Waals surface area contributed by atoms with Gasteiger partial charge in [-0.3, -0.25) is 0 Å². The lowest BCUT2D eigenvalue weighted by Gasteiger charge is -2.12. The van der Waals surface area contributed by atoms with E-state index in [-0.39, 0.29) is 0 Å². The summed E-state index contributed by atoms with van der Waals surface area (Å²) in [5.74, 6) is 5.43. The number of benzene rings is 4. The molecule has 0 atom stereocenters. The Morgan fingerprint density at radius 3 is 1.10 bits per heavy atom. The molecular weight excluding hydrogens is 596 g/mol. The minimum atomic E-state index is 0.393. The maximum absolute atomic E-state index is 6.03. The Labute approximate surface area is 283 Å². The third-order valence-corrected chi connectivity index (χ3v) is 8.45. The second-order valence-corrected chi connectivity index (χ2v) is 12.0. The molecule has 0 unspecified atom stereocenters. The normalized spacial score (nSPS) is 11.1. The molecule has 2 heterocycles. The van der Waals surface area contributed by atoms with Gasteiger partial charge in [-0.1, -0.05) is 123 Å². The Morgan fingerprint density at radius 2 is 0.708 bits per heavy atom. The summed E-state index contributed by atoms with van der Waals surface area (Å²) in [5, 5.41) is 18.2. The molecule has 6 aromatic rings. The number of nitrogens with zero attached hydrogens (tertiary/aromatic N) is 6. The summed E-state index contributed by atoms with van der Waals surface area (Å²) in [6.45, 7) is 2.27. The number of rotatable bonds is 19. The molecule has 8 nitrogen and oxygen atoms in total. The third-order valence-electron chi connectivity index (χ3n) is 8.45. The molecule has 0 radical (unpaired) electrons. The molecule has 48 heavy (non-hydrogen) atoms. The number of ether oxygens (including phenoxy) is 2. The van der Waals surface area contributed by atoms with Gasteiger partial charge in [-0.05, 0) is 48.2 Å². The molecule has 0 saturated heterocycles. The number of unbranched alkanes of at least 4 members (excludes halogenated alkanes) is 5. The molecule has 8 heteroatoms. The van der Waals surface area contributed by atoms with Crippen molar-refractivity contribution in [3.8, 4) is 11.5 Å². The van der Waals surface area contributed by atoms with Gasteiger partial charge in [-0.2, -0.15) is 0 Å². The van der Waals surface area contributed by atoms with E-state index in [0.29, 0.717) is 13.2 Å². The molecule has 0 aliphatic heterocycles. The highest BCUT2D eigenvalue weighted by atomic mass is 16.5. The smallest absolute Gasteiger partial charge is 0.171 e. The van der Waals surface area contributed by atoms with Crippen molar-refractivity contribution < 1.29 is 9.47 Å². The quantitative estimate of drug-likeness (QED) is 0.0830. The number of para-hydroxylation sites is 2. The van der Waals surface area contributed by atoms with E-state index in [2.05, 4.69) is 78.1 Å². The van der Waals surface area contributed by atoms with Crippen molar-refractivity contribution in [3.63, 3.8) is 0 Å². The Bertz CT molecular complexity index is 1640. The number of aryl methyl sites for hydroxylation is 2. The molecule has 0 fully saturated rings. The fourth-order valence-electron chi connectivity index (χ4n) is 5.83. The number of aromatic nitrogens is 6. The summed E-state index contributed by atoms with van der Waals surface area (Å²) >= 11 is 0. The summed E-state index contributed by atoms with van der Waals surface area (Å²) in [6, 6.07) is 40.7. The van der Waals surface area contributed by atoms with Gasteiger partial charge in [0.1, 0.15) is 36.4 Å². The van der Waals surface area contributed by atoms with Crippen LogP contribution in [-0.4, -0.2) is 29.5 Å². The highest BCUT2D eigenvalue weighted by Crippen LogP contribution is 2.18. The lowest BCUT2D eigenvalue weighted by molar-refractivity contribution is 0.289. The average molecular weight is 641 g/mol. The van der Waals surface area contributed by atoms with E-state index in [4.69, 9.17) is 9.47 Å². The van der Waals surface area contributed by atoms with Crippen LogP contribution in [0.15, 0.2) is 121 Å². The molecule has 6 rings (SSSR count). The summed E-state index contributed by atoms with van der Waals surface area (Å²) in [6.07, 6.45) is 8.71. The average Bonchev–Trinajstić information content (AvgIpc) is 3.71. The minimum Gasteiger partial charge on any atom is -0.486 e. The SMILES string of the molecule is c1ccc(Cn2c(CCCCCCCCc3nnc(COc4ccccc4)n3Cc3ccccc3)nnc2COc2ccccc2)cc1. The highest BCUT2D eigenvalue weighted by Gasteiger charge is 2.15. The predicted octanol–water partition coefficient (Wildman–Crippen LogP) is 8.25. The zero-order chi connectivity index (χ0) is 32.6. The van der Waals surface area contributed by atoms with Gasteiger partial charge in [0.2, 0.25) is 0 Å². The molecule has 4 aromatic carbocycles. The molecule has 0 bridgehead atoms. The van der Waals surface area contributed by atoms with Crippen LogP contribution in [0.4, 0.5) is 0 Å². The van der Waals surface area contributed by atoms with Crippen molar-refractivity contribution in [1.82, 2.24) is 29.5 Å².